The fourth-order valence-electron chi connectivity index (χ4n) is 2.18. The lowest BCUT2D eigenvalue weighted by molar-refractivity contribution is 0.420. The predicted octanol–water partition coefficient (Wildman–Crippen LogP) is 3.66. The summed E-state index contributed by atoms with van der Waals surface area (Å²) in [4.78, 5) is 0. The first-order valence-corrected chi connectivity index (χ1v) is 5.58. The van der Waals surface area contributed by atoms with Gasteiger partial charge in [0.05, 0.1) is 0 Å². The third-order valence-electron chi connectivity index (χ3n) is 3.34. The number of anilines is 1. The Morgan fingerprint density at radius 1 is 1.29 bits per heavy atom. The van der Waals surface area contributed by atoms with Crippen LogP contribution in [0.3, 0.4) is 0 Å². The molecule has 0 heterocycles. The van der Waals surface area contributed by atoms with E-state index in [1.54, 1.807) is 0 Å². The van der Waals surface area contributed by atoms with E-state index in [1.807, 2.05) is 0 Å². The van der Waals surface area contributed by atoms with Gasteiger partial charge in [0.1, 0.15) is 0 Å². The maximum Gasteiger partial charge on any atom is 0.0384 e. The molecular formula is C13H19N. The van der Waals surface area contributed by atoms with E-state index in [2.05, 4.69) is 32.0 Å². The second-order valence-electron chi connectivity index (χ2n) is 4.63. The monoisotopic (exact) mass is 189 g/mol. The smallest absolute Gasteiger partial charge is 0.0384 e. The van der Waals surface area contributed by atoms with Gasteiger partial charge < -0.3 is 5.73 Å². The number of hydrogen-bond donors (Lipinski definition) is 1. The summed E-state index contributed by atoms with van der Waals surface area (Å²) >= 11 is 0. The van der Waals surface area contributed by atoms with Gasteiger partial charge in [-0.3, -0.25) is 0 Å². The molecule has 0 spiro atoms. The molecule has 0 aliphatic heterocycles. The maximum atomic E-state index is 6.19. The van der Waals surface area contributed by atoms with Crippen molar-refractivity contribution in [1.82, 2.24) is 0 Å². The summed E-state index contributed by atoms with van der Waals surface area (Å²) in [6.45, 7) is 4.41. The zero-order valence-electron chi connectivity index (χ0n) is 9.09. The van der Waals surface area contributed by atoms with E-state index in [1.165, 1.54) is 30.4 Å². The Bertz CT molecular complexity index is 324. The van der Waals surface area contributed by atoms with E-state index < -0.39 is 0 Å². The number of nitrogen functional groups attached to an aromatic ring is 1. The van der Waals surface area contributed by atoms with Crippen LogP contribution in [0.1, 0.15) is 56.1 Å². The Balaban J connectivity index is 2.35. The van der Waals surface area contributed by atoms with Gasteiger partial charge in [-0.1, -0.05) is 38.5 Å². The van der Waals surface area contributed by atoms with E-state index >= 15 is 0 Å². The van der Waals surface area contributed by atoms with E-state index in [0.717, 1.165) is 11.6 Å². The van der Waals surface area contributed by atoms with Crippen LogP contribution in [0.5, 0.6) is 0 Å². The molecule has 1 nitrogen and oxygen atoms in total. The number of benzene rings is 1. The summed E-state index contributed by atoms with van der Waals surface area (Å²) < 4.78 is 0. The SMILES string of the molecule is CC(C)c1cccc(C2CCC2)c1N. The molecule has 0 bridgehead atoms. The third-order valence-corrected chi connectivity index (χ3v) is 3.34. The summed E-state index contributed by atoms with van der Waals surface area (Å²) in [5.41, 5.74) is 9.95. The second kappa shape index (κ2) is 3.64. The second-order valence-corrected chi connectivity index (χ2v) is 4.63. The summed E-state index contributed by atoms with van der Waals surface area (Å²) in [5, 5.41) is 0. The standard InChI is InChI=1S/C13H19N/c1-9(2)11-7-4-8-12(13(11)14)10-5-3-6-10/h4,7-10H,3,5-6,14H2,1-2H3. The highest BCUT2D eigenvalue weighted by atomic mass is 14.6. The molecule has 14 heavy (non-hydrogen) atoms. The van der Waals surface area contributed by atoms with Gasteiger partial charge in [0.25, 0.3) is 0 Å². The fraction of sp³-hybridized carbons (Fsp3) is 0.538. The Morgan fingerprint density at radius 3 is 2.50 bits per heavy atom. The van der Waals surface area contributed by atoms with E-state index in [9.17, 15) is 0 Å². The molecule has 76 valence electrons. The van der Waals surface area contributed by atoms with E-state index in [4.69, 9.17) is 5.73 Å². The molecule has 0 aromatic heterocycles. The normalized spacial score (nSPS) is 17.1. The van der Waals surface area contributed by atoms with Gasteiger partial charge in [-0.25, -0.2) is 0 Å². The highest BCUT2D eigenvalue weighted by Gasteiger charge is 2.22. The van der Waals surface area contributed by atoms with Crippen LogP contribution >= 0.6 is 0 Å². The van der Waals surface area contributed by atoms with Crippen LogP contribution in [-0.4, -0.2) is 0 Å². The minimum absolute atomic E-state index is 0.537. The predicted molar refractivity (Wildman–Crippen MR) is 61.5 cm³/mol. The molecule has 1 aliphatic carbocycles. The Kier molecular flexibility index (Phi) is 2.49. The van der Waals surface area contributed by atoms with Crippen molar-refractivity contribution in [3.63, 3.8) is 0 Å². The van der Waals surface area contributed by atoms with Gasteiger partial charge in [0, 0.05) is 5.69 Å². The topological polar surface area (TPSA) is 26.0 Å². The van der Waals surface area contributed by atoms with Crippen molar-refractivity contribution in [3.05, 3.63) is 29.3 Å². The van der Waals surface area contributed by atoms with Gasteiger partial charge in [-0.15, -0.1) is 0 Å². The summed E-state index contributed by atoms with van der Waals surface area (Å²) in [6, 6.07) is 6.51. The molecule has 1 heteroatoms. The Morgan fingerprint density at radius 2 is 2.00 bits per heavy atom. The minimum Gasteiger partial charge on any atom is -0.398 e. The van der Waals surface area contributed by atoms with Crippen molar-refractivity contribution in [2.45, 2.75) is 44.9 Å². The van der Waals surface area contributed by atoms with Crippen LogP contribution in [0.25, 0.3) is 0 Å². The van der Waals surface area contributed by atoms with Gasteiger partial charge >= 0.3 is 0 Å². The van der Waals surface area contributed by atoms with Crippen molar-refractivity contribution < 1.29 is 0 Å². The van der Waals surface area contributed by atoms with Gasteiger partial charge in [0.2, 0.25) is 0 Å². The molecular weight excluding hydrogens is 170 g/mol. The first kappa shape index (κ1) is 9.57. The van der Waals surface area contributed by atoms with Crippen LogP contribution < -0.4 is 5.73 Å². The van der Waals surface area contributed by atoms with Gasteiger partial charge in [-0.2, -0.15) is 0 Å². The van der Waals surface area contributed by atoms with Crippen molar-refractivity contribution in [2.75, 3.05) is 5.73 Å². The molecule has 0 saturated heterocycles. The molecule has 0 atom stereocenters. The molecule has 1 aromatic carbocycles. The van der Waals surface area contributed by atoms with E-state index in [-0.39, 0.29) is 0 Å². The molecule has 0 radical (unpaired) electrons. The highest BCUT2D eigenvalue weighted by Crippen LogP contribution is 2.40. The highest BCUT2D eigenvalue weighted by molar-refractivity contribution is 5.56. The maximum absolute atomic E-state index is 6.19. The third kappa shape index (κ3) is 1.52. The van der Waals surface area contributed by atoms with Crippen molar-refractivity contribution in [3.8, 4) is 0 Å². The molecule has 1 fully saturated rings. The van der Waals surface area contributed by atoms with Crippen LogP contribution in [0, 0.1) is 0 Å². The first-order chi connectivity index (χ1) is 6.70. The van der Waals surface area contributed by atoms with Crippen LogP contribution in [0.4, 0.5) is 5.69 Å². The lowest BCUT2D eigenvalue weighted by Gasteiger charge is -2.28. The van der Waals surface area contributed by atoms with Crippen LogP contribution in [-0.2, 0) is 0 Å². The zero-order valence-corrected chi connectivity index (χ0v) is 9.09. The van der Waals surface area contributed by atoms with Gasteiger partial charge in [0.15, 0.2) is 0 Å². The van der Waals surface area contributed by atoms with Crippen molar-refractivity contribution in [1.29, 1.82) is 0 Å². The molecule has 1 aliphatic rings. The first-order valence-electron chi connectivity index (χ1n) is 5.58. The van der Waals surface area contributed by atoms with Crippen LogP contribution in [0.15, 0.2) is 18.2 Å². The zero-order chi connectivity index (χ0) is 10.1. The molecule has 2 rings (SSSR count). The summed E-state index contributed by atoms with van der Waals surface area (Å²) in [6.07, 6.45) is 4.02. The molecule has 1 saturated carbocycles. The number of nitrogens with two attached hydrogens (primary N) is 1. The lowest BCUT2D eigenvalue weighted by atomic mass is 9.78. The largest absolute Gasteiger partial charge is 0.398 e. The molecule has 0 unspecified atom stereocenters. The van der Waals surface area contributed by atoms with Crippen LogP contribution in [0.2, 0.25) is 0 Å². The molecule has 2 N–H and O–H groups in total. The Labute approximate surface area is 86.3 Å². The number of hydrogen-bond acceptors (Lipinski definition) is 1. The van der Waals surface area contributed by atoms with Gasteiger partial charge in [-0.05, 0) is 35.8 Å². The minimum atomic E-state index is 0.537. The fourth-order valence-corrected chi connectivity index (χ4v) is 2.18. The Hall–Kier alpha value is -0.980. The number of para-hydroxylation sites is 1. The molecule has 1 aromatic rings. The molecule has 0 amide bonds. The average molecular weight is 189 g/mol. The number of rotatable bonds is 2. The quantitative estimate of drug-likeness (QED) is 0.706. The average Bonchev–Trinajstić information content (AvgIpc) is 2.04. The summed E-state index contributed by atoms with van der Waals surface area (Å²) in [7, 11) is 0. The van der Waals surface area contributed by atoms with Crippen molar-refractivity contribution in [2.24, 2.45) is 0 Å². The van der Waals surface area contributed by atoms with E-state index in [0.29, 0.717) is 5.92 Å². The summed E-state index contributed by atoms with van der Waals surface area (Å²) in [5.74, 6) is 1.28. The lowest BCUT2D eigenvalue weighted by Crippen LogP contribution is -2.12. The van der Waals surface area contributed by atoms with Crippen molar-refractivity contribution >= 4 is 5.69 Å².